The second kappa shape index (κ2) is 8.45. The lowest BCUT2D eigenvalue weighted by molar-refractivity contribution is 0.0939. The van der Waals surface area contributed by atoms with Gasteiger partial charge in [0.1, 0.15) is 5.82 Å². The highest BCUT2D eigenvalue weighted by molar-refractivity contribution is 5.99. The SMILES string of the molecule is C[C@@H]1C[C@H]1n1cc(C(=O)N[C@H](C)c2cccc(C(F)F)c2F)c(N[C@H]2[C@@H]3CN(C)C[C@@H]32)cc1=O. The number of pyridine rings is 1. The number of carbonyl (C=O) groups excluding carboxylic acids is 1. The van der Waals surface area contributed by atoms with Crippen LogP contribution in [0.1, 0.15) is 60.3 Å². The van der Waals surface area contributed by atoms with E-state index in [9.17, 15) is 22.8 Å². The molecule has 3 aliphatic rings. The summed E-state index contributed by atoms with van der Waals surface area (Å²) in [5.41, 5.74) is -0.107. The lowest BCUT2D eigenvalue weighted by Gasteiger charge is -2.20. The molecule has 1 aromatic heterocycles. The predicted octanol–water partition coefficient (Wildman–Crippen LogP) is 3.97. The fraction of sp³-hybridized carbons (Fsp3) is 0.520. The summed E-state index contributed by atoms with van der Waals surface area (Å²) in [5.74, 6) is -0.179. The number of fused-ring (bicyclic) bond motifs is 1. The molecule has 2 aliphatic carbocycles. The van der Waals surface area contributed by atoms with Crippen molar-refractivity contribution >= 4 is 11.6 Å². The Bertz CT molecular complexity index is 1170. The van der Waals surface area contributed by atoms with Crippen LogP contribution in [0, 0.1) is 23.6 Å². The number of benzene rings is 1. The van der Waals surface area contributed by atoms with Crippen molar-refractivity contribution in [3.05, 3.63) is 63.3 Å². The smallest absolute Gasteiger partial charge is 0.266 e. The minimum Gasteiger partial charge on any atom is -0.381 e. The summed E-state index contributed by atoms with van der Waals surface area (Å²) in [5, 5.41) is 6.14. The molecule has 6 atom stereocenters. The van der Waals surface area contributed by atoms with Crippen LogP contribution in [0.4, 0.5) is 18.9 Å². The van der Waals surface area contributed by atoms with Gasteiger partial charge in [0.2, 0.25) is 0 Å². The maximum atomic E-state index is 14.6. The molecule has 1 amide bonds. The van der Waals surface area contributed by atoms with E-state index in [1.54, 1.807) is 17.7 Å². The van der Waals surface area contributed by atoms with Crippen LogP contribution in [0.5, 0.6) is 0 Å². The van der Waals surface area contributed by atoms with Gasteiger partial charge in [0.05, 0.1) is 22.9 Å². The van der Waals surface area contributed by atoms with Crippen LogP contribution in [0.3, 0.4) is 0 Å². The number of hydrogen-bond acceptors (Lipinski definition) is 4. The molecule has 1 saturated heterocycles. The van der Waals surface area contributed by atoms with Gasteiger partial charge < -0.3 is 20.1 Å². The average molecular weight is 475 g/mol. The molecule has 6 nitrogen and oxygen atoms in total. The van der Waals surface area contributed by atoms with E-state index in [-0.39, 0.29) is 23.2 Å². The zero-order valence-corrected chi connectivity index (χ0v) is 19.4. The van der Waals surface area contributed by atoms with Crippen LogP contribution < -0.4 is 16.2 Å². The summed E-state index contributed by atoms with van der Waals surface area (Å²) in [6.07, 6.45) is -0.494. The molecule has 3 fully saturated rings. The number of carbonyl (C=O) groups is 1. The number of nitrogens with zero attached hydrogens (tertiary/aromatic N) is 2. The normalized spacial score (nSPS) is 28.5. The van der Waals surface area contributed by atoms with E-state index >= 15 is 0 Å². The quantitative estimate of drug-likeness (QED) is 0.638. The Hall–Kier alpha value is -2.81. The number of halogens is 3. The molecular weight excluding hydrogens is 445 g/mol. The van der Waals surface area contributed by atoms with Gasteiger partial charge in [-0.1, -0.05) is 25.1 Å². The number of likely N-dealkylation sites (tertiary alicyclic amines) is 1. The third kappa shape index (κ3) is 4.10. The molecule has 0 radical (unpaired) electrons. The Labute approximate surface area is 196 Å². The van der Waals surface area contributed by atoms with Gasteiger partial charge in [-0.15, -0.1) is 0 Å². The number of nitrogens with one attached hydrogen (secondary N) is 2. The van der Waals surface area contributed by atoms with Crippen LogP contribution in [-0.4, -0.2) is 41.6 Å². The van der Waals surface area contributed by atoms with Crippen molar-refractivity contribution in [1.29, 1.82) is 0 Å². The summed E-state index contributed by atoms with van der Waals surface area (Å²) in [6, 6.07) is 4.67. The fourth-order valence-corrected chi connectivity index (χ4v) is 5.35. The molecule has 0 spiro atoms. The van der Waals surface area contributed by atoms with Crippen LogP contribution in [0.15, 0.2) is 35.3 Å². The molecule has 0 bridgehead atoms. The van der Waals surface area contributed by atoms with Gasteiger partial charge in [0.15, 0.2) is 0 Å². The number of amides is 1. The standard InChI is InChI=1S/C25H29F3N4O2/c1-12-7-20(12)32-11-18(19(8-21(32)33)30-23-16-9-31(3)10-17(16)23)25(34)29-13(2)14-5-4-6-15(22(14)26)24(27)28/h4-6,8,11-13,16-17,20,23-24,30H,7,9-10H2,1-3H3,(H,29,34)/t12-,13-,16-,17+,20-,23+/m1/s1. The number of hydrogen-bond donors (Lipinski definition) is 2. The zero-order chi connectivity index (χ0) is 24.3. The van der Waals surface area contributed by atoms with E-state index in [0.717, 1.165) is 25.6 Å². The molecule has 182 valence electrons. The van der Waals surface area contributed by atoms with E-state index in [1.807, 2.05) is 6.92 Å². The monoisotopic (exact) mass is 474 g/mol. The summed E-state index contributed by atoms with van der Waals surface area (Å²) in [7, 11) is 2.07. The molecule has 2 heterocycles. The number of alkyl halides is 2. The molecule has 9 heteroatoms. The van der Waals surface area contributed by atoms with Crippen LogP contribution in [-0.2, 0) is 0 Å². The van der Waals surface area contributed by atoms with Crippen molar-refractivity contribution in [3.63, 3.8) is 0 Å². The van der Waals surface area contributed by atoms with Crippen molar-refractivity contribution in [2.75, 3.05) is 25.5 Å². The molecular formula is C25H29F3N4O2. The maximum absolute atomic E-state index is 14.6. The summed E-state index contributed by atoms with van der Waals surface area (Å²) in [6.45, 7) is 5.54. The topological polar surface area (TPSA) is 66.4 Å². The third-order valence-corrected chi connectivity index (χ3v) is 7.56. The van der Waals surface area contributed by atoms with Crippen molar-refractivity contribution in [1.82, 2.24) is 14.8 Å². The number of aromatic nitrogens is 1. The lowest BCUT2D eigenvalue weighted by atomic mass is 10.0. The average Bonchev–Trinajstić information content (AvgIpc) is 3.60. The second-order valence-electron chi connectivity index (χ2n) is 10.1. The maximum Gasteiger partial charge on any atom is 0.266 e. The molecule has 2 aromatic rings. The highest BCUT2D eigenvalue weighted by Gasteiger charge is 2.55. The first-order valence-electron chi connectivity index (χ1n) is 11.7. The largest absolute Gasteiger partial charge is 0.381 e. The van der Waals surface area contributed by atoms with Crippen molar-refractivity contribution in [2.24, 2.45) is 17.8 Å². The first-order chi connectivity index (χ1) is 16.2. The fourth-order valence-electron chi connectivity index (χ4n) is 5.35. The summed E-state index contributed by atoms with van der Waals surface area (Å²) < 4.78 is 42.5. The van der Waals surface area contributed by atoms with Crippen LogP contribution >= 0.6 is 0 Å². The van der Waals surface area contributed by atoms with Gasteiger partial charge in [-0.25, -0.2) is 13.2 Å². The van der Waals surface area contributed by atoms with Gasteiger partial charge in [-0.3, -0.25) is 9.59 Å². The van der Waals surface area contributed by atoms with Gasteiger partial charge in [0, 0.05) is 43.0 Å². The first kappa shape index (κ1) is 23.0. The third-order valence-electron chi connectivity index (χ3n) is 7.56. The Morgan fingerprint density at radius 2 is 1.82 bits per heavy atom. The number of rotatable bonds is 7. The van der Waals surface area contributed by atoms with E-state index in [4.69, 9.17) is 0 Å². The van der Waals surface area contributed by atoms with Gasteiger partial charge in [0.25, 0.3) is 17.9 Å². The molecule has 1 aliphatic heterocycles. The minimum absolute atomic E-state index is 0.00967. The van der Waals surface area contributed by atoms with Crippen molar-refractivity contribution in [3.8, 4) is 0 Å². The van der Waals surface area contributed by atoms with Crippen molar-refractivity contribution < 1.29 is 18.0 Å². The molecule has 1 aromatic carbocycles. The highest BCUT2D eigenvalue weighted by Crippen LogP contribution is 2.47. The van der Waals surface area contributed by atoms with E-state index in [1.165, 1.54) is 18.2 Å². The Morgan fingerprint density at radius 3 is 2.44 bits per heavy atom. The zero-order valence-electron chi connectivity index (χ0n) is 19.4. The predicted molar refractivity (Wildman–Crippen MR) is 123 cm³/mol. The molecule has 5 rings (SSSR count). The molecule has 2 saturated carbocycles. The second-order valence-corrected chi connectivity index (χ2v) is 10.1. The van der Waals surface area contributed by atoms with Crippen LogP contribution in [0.25, 0.3) is 0 Å². The van der Waals surface area contributed by atoms with E-state index in [0.29, 0.717) is 29.0 Å². The number of piperidine rings is 1. The van der Waals surface area contributed by atoms with E-state index < -0.39 is 29.8 Å². The summed E-state index contributed by atoms with van der Waals surface area (Å²) in [4.78, 5) is 28.4. The first-order valence-corrected chi connectivity index (χ1v) is 11.7. The van der Waals surface area contributed by atoms with Crippen LogP contribution in [0.2, 0.25) is 0 Å². The van der Waals surface area contributed by atoms with Gasteiger partial charge in [-0.05, 0) is 38.1 Å². The van der Waals surface area contributed by atoms with Gasteiger partial charge >= 0.3 is 0 Å². The highest BCUT2D eigenvalue weighted by atomic mass is 19.3. The van der Waals surface area contributed by atoms with E-state index in [2.05, 4.69) is 22.6 Å². The Morgan fingerprint density at radius 1 is 1.18 bits per heavy atom. The number of anilines is 1. The Balaban J connectivity index is 1.41. The Kier molecular flexibility index (Phi) is 5.70. The summed E-state index contributed by atoms with van der Waals surface area (Å²) >= 11 is 0. The molecule has 2 N–H and O–H groups in total. The molecule has 0 unspecified atom stereocenters. The molecule has 34 heavy (non-hydrogen) atoms. The minimum atomic E-state index is -2.94. The lowest BCUT2D eigenvalue weighted by Crippen LogP contribution is -2.32. The van der Waals surface area contributed by atoms with Crippen molar-refractivity contribution in [2.45, 2.75) is 44.8 Å². The van der Waals surface area contributed by atoms with Gasteiger partial charge in [-0.2, -0.15) is 0 Å².